The Kier molecular flexibility index (Phi) is 4.93. The van der Waals surface area contributed by atoms with Gasteiger partial charge in [0.05, 0.1) is 10.9 Å². The summed E-state index contributed by atoms with van der Waals surface area (Å²) < 4.78 is 28.6. The highest BCUT2D eigenvalue weighted by molar-refractivity contribution is 5.98. The van der Waals surface area contributed by atoms with E-state index in [0.29, 0.717) is 17.0 Å². The van der Waals surface area contributed by atoms with Crippen LogP contribution in [0.2, 0.25) is 0 Å². The SMILES string of the molecule is Cc1ccc(N2CC(N(C)C)C2)cc1C(=O)NC1(c2ccc(F)c3c(F)cccc23)CC1. The third-order valence-electron chi connectivity index (χ3n) is 6.98. The number of halogens is 2. The first-order valence-corrected chi connectivity index (χ1v) is 11.0. The molecule has 0 atom stereocenters. The quantitative estimate of drug-likeness (QED) is 0.637. The van der Waals surface area contributed by atoms with Crippen molar-refractivity contribution in [2.24, 2.45) is 0 Å². The van der Waals surface area contributed by atoms with Crippen LogP contribution in [0.5, 0.6) is 0 Å². The van der Waals surface area contributed by atoms with E-state index >= 15 is 0 Å². The normalized spacial score (nSPS) is 17.5. The van der Waals surface area contributed by atoms with Crippen molar-refractivity contribution in [3.8, 4) is 0 Å². The molecular weight excluding hydrogens is 408 g/mol. The van der Waals surface area contributed by atoms with Crippen molar-refractivity contribution in [1.29, 1.82) is 0 Å². The molecule has 0 spiro atoms. The number of anilines is 1. The molecule has 0 radical (unpaired) electrons. The van der Waals surface area contributed by atoms with Gasteiger partial charge in [-0.2, -0.15) is 0 Å². The van der Waals surface area contributed by atoms with E-state index in [-0.39, 0.29) is 11.3 Å². The molecule has 32 heavy (non-hydrogen) atoms. The zero-order valence-electron chi connectivity index (χ0n) is 18.6. The van der Waals surface area contributed by atoms with Crippen LogP contribution in [0, 0.1) is 18.6 Å². The molecule has 4 nitrogen and oxygen atoms in total. The fourth-order valence-electron chi connectivity index (χ4n) is 4.65. The lowest BCUT2D eigenvalue weighted by atomic mass is 9.95. The summed E-state index contributed by atoms with van der Waals surface area (Å²) in [5.74, 6) is -1.32. The summed E-state index contributed by atoms with van der Waals surface area (Å²) in [5.41, 5.74) is 2.76. The van der Waals surface area contributed by atoms with Gasteiger partial charge < -0.3 is 15.1 Å². The summed E-state index contributed by atoms with van der Waals surface area (Å²) in [6.07, 6.45) is 1.48. The van der Waals surface area contributed by atoms with E-state index in [0.717, 1.165) is 42.7 Å². The van der Waals surface area contributed by atoms with Gasteiger partial charge in [-0.1, -0.05) is 24.3 Å². The molecule has 166 valence electrons. The Labute approximate surface area is 186 Å². The highest BCUT2D eigenvalue weighted by Crippen LogP contribution is 2.48. The molecule has 1 heterocycles. The minimum absolute atomic E-state index is 0.0167. The number of amides is 1. The van der Waals surface area contributed by atoms with Gasteiger partial charge in [-0.05, 0) is 74.6 Å². The van der Waals surface area contributed by atoms with Gasteiger partial charge in [-0.25, -0.2) is 8.78 Å². The van der Waals surface area contributed by atoms with Gasteiger partial charge >= 0.3 is 0 Å². The lowest BCUT2D eigenvalue weighted by molar-refractivity contribution is 0.0930. The van der Waals surface area contributed by atoms with Gasteiger partial charge in [0.25, 0.3) is 5.91 Å². The first kappa shape index (κ1) is 20.9. The molecule has 1 amide bonds. The molecule has 5 rings (SSSR count). The zero-order valence-corrected chi connectivity index (χ0v) is 18.6. The Balaban J connectivity index is 1.43. The summed E-state index contributed by atoms with van der Waals surface area (Å²) in [5, 5.41) is 3.69. The van der Waals surface area contributed by atoms with Gasteiger partial charge in [0, 0.05) is 30.4 Å². The molecule has 1 aliphatic heterocycles. The van der Waals surface area contributed by atoms with Crippen LogP contribution in [0.25, 0.3) is 10.8 Å². The maximum Gasteiger partial charge on any atom is 0.252 e. The average Bonchev–Trinajstić information content (AvgIpc) is 3.48. The molecule has 6 heteroatoms. The molecule has 0 unspecified atom stereocenters. The third kappa shape index (κ3) is 3.43. The predicted octanol–water partition coefficient (Wildman–Crippen LogP) is 4.60. The number of nitrogens with zero attached hydrogens (tertiary/aromatic N) is 2. The number of benzene rings is 3. The second kappa shape index (κ2) is 7.55. The van der Waals surface area contributed by atoms with Crippen molar-refractivity contribution in [2.45, 2.75) is 31.3 Å². The number of aryl methyl sites for hydroxylation is 1. The van der Waals surface area contributed by atoms with Crippen LogP contribution in [0.15, 0.2) is 48.5 Å². The van der Waals surface area contributed by atoms with E-state index in [1.807, 2.05) is 19.1 Å². The Hall–Kier alpha value is -2.99. The summed E-state index contributed by atoms with van der Waals surface area (Å²) in [6, 6.07) is 14.1. The van der Waals surface area contributed by atoms with E-state index in [9.17, 15) is 13.6 Å². The van der Waals surface area contributed by atoms with E-state index in [1.54, 1.807) is 18.2 Å². The van der Waals surface area contributed by atoms with Crippen LogP contribution < -0.4 is 10.2 Å². The minimum Gasteiger partial charge on any atom is -0.368 e. The number of fused-ring (bicyclic) bond motifs is 1. The Morgan fingerprint density at radius 1 is 1.06 bits per heavy atom. The Morgan fingerprint density at radius 3 is 2.47 bits per heavy atom. The van der Waals surface area contributed by atoms with Gasteiger partial charge in [0.15, 0.2) is 0 Å². The molecule has 1 saturated carbocycles. The van der Waals surface area contributed by atoms with Crippen LogP contribution in [0.1, 0.15) is 34.3 Å². The zero-order chi connectivity index (χ0) is 22.6. The second-order valence-electron chi connectivity index (χ2n) is 9.32. The van der Waals surface area contributed by atoms with E-state index in [2.05, 4.69) is 35.3 Å². The maximum atomic E-state index is 14.3. The Bertz CT molecular complexity index is 1200. The van der Waals surface area contributed by atoms with Gasteiger partial charge in [0.1, 0.15) is 11.6 Å². The number of nitrogens with one attached hydrogen (secondary N) is 1. The highest BCUT2D eigenvalue weighted by Gasteiger charge is 2.47. The lowest BCUT2D eigenvalue weighted by Crippen LogP contribution is -2.57. The maximum absolute atomic E-state index is 14.3. The minimum atomic E-state index is -0.591. The molecule has 3 aromatic rings. The first-order chi connectivity index (χ1) is 15.3. The van der Waals surface area contributed by atoms with E-state index in [4.69, 9.17) is 0 Å². The van der Waals surface area contributed by atoms with E-state index in [1.165, 1.54) is 12.1 Å². The molecule has 0 bridgehead atoms. The Morgan fingerprint density at radius 2 is 1.78 bits per heavy atom. The molecule has 3 aromatic carbocycles. The van der Waals surface area contributed by atoms with Crippen LogP contribution >= 0.6 is 0 Å². The second-order valence-corrected chi connectivity index (χ2v) is 9.32. The van der Waals surface area contributed by atoms with Crippen molar-refractivity contribution in [2.75, 3.05) is 32.1 Å². The van der Waals surface area contributed by atoms with Crippen LogP contribution in [0.4, 0.5) is 14.5 Å². The van der Waals surface area contributed by atoms with Crippen LogP contribution in [-0.2, 0) is 5.54 Å². The molecule has 1 saturated heterocycles. The lowest BCUT2D eigenvalue weighted by Gasteiger charge is -2.44. The smallest absolute Gasteiger partial charge is 0.252 e. The van der Waals surface area contributed by atoms with Crippen molar-refractivity contribution in [3.05, 3.63) is 76.9 Å². The fraction of sp³-hybridized carbons (Fsp3) is 0.346. The topological polar surface area (TPSA) is 35.6 Å². The highest BCUT2D eigenvalue weighted by atomic mass is 19.1. The van der Waals surface area contributed by atoms with Gasteiger partial charge in [0.2, 0.25) is 0 Å². The monoisotopic (exact) mass is 435 g/mol. The van der Waals surface area contributed by atoms with Crippen molar-refractivity contribution >= 4 is 22.4 Å². The summed E-state index contributed by atoms with van der Waals surface area (Å²) in [7, 11) is 4.16. The summed E-state index contributed by atoms with van der Waals surface area (Å²) in [4.78, 5) is 17.8. The molecule has 2 fully saturated rings. The van der Waals surface area contributed by atoms with Gasteiger partial charge in [-0.15, -0.1) is 0 Å². The average molecular weight is 436 g/mol. The summed E-state index contributed by atoms with van der Waals surface area (Å²) in [6.45, 7) is 3.81. The first-order valence-electron chi connectivity index (χ1n) is 11.0. The predicted molar refractivity (Wildman–Crippen MR) is 123 cm³/mol. The number of carbonyl (C=O) groups excluding carboxylic acids is 1. The third-order valence-corrected chi connectivity index (χ3v) is 6.98. The van der Waals surface area contributed by atoms with Crippen LogP contribution in [-0.4, -0.2) is 44.0 Å². The van der Waals surface area contributed by atoms with Crippen molar-refractivity contribution in [3.63, 3.8) is 0 Å². The number of hydrogen-bond donors (Lipinski definition) is 1. The molecular formula is C26H27F2N3O. The standard InChI is InChI=1S/C26H27F2N3O/c1-16-7-8-17(31-14-18(15-31)30(2)3)13-20(16)25(32)29-26(11-12-26)21-9-10-23(28)24-19(21)5-4-6-22(24)27/h4-10,13,18H,11-12,14-15H2,1-3H3,(H,29,32). The molecule has 1 aliphatic carbocycles. The summed E-state index contributed by atoms with van der Waals surface area (Å²) >= 11 is 0. The number of hydrogen-bond acceptors (Lipinski definition) is 3. The number of carbonyl (C=O) groups is 1. The fourth-order valence-corrected chi connectivity index (χ4v) is 4.65. The molecule has 1 N–H and O–H groups in total. The van der Waals surface area contributed by atoms with Gasteiger partial charge in [-0.3, -0.25) is 4.79 Å². The van der Waals surface area contributed by atoms with Crippen molar-refractivity contribution in [1.82, 2.24) is 10.2 Å². The molecule has 0 aromatic heterocycles. The number of likely N-dealkylation sites (N-methyl/N-ethyl adjacent to an activating group) is 1. The largest absolute Gasteiger partial charge is 0.368 e. The number of rotatable bonds is 5. The van der Waals surface area contributed by atoms with Crippen LogP contribution in [0.3, 0.4) is 0 Å². The van der Waals surface area contributed by atoms with E-state index < -0.39 is 17.2 Å². The molecule has 2 aliphatic rings. The van der Waals surface area contributed by atoms with Crippen molar-refractivity contribution < 1.29 is 13.6 Å².